The number of para-hydroxylation sites is 1. The van der Waals surface area contributed by atoms with E-state index < -0.39 is 0 Å². The second-order valence-corrected chi connectivity index (χ2v) is 7.62. The summed E-state index contributed by atoms with van der Waals surface area (Å²) in [6.07, 6.45) is 3.75. The standard InChI is InChI=1S/C19H22N4OS/c20-7-11-22-9-5-19(6-10-22)16-3-1-2-4-17(16)23(12-13-24-19)15-18-21-8-14-25-18/h1-4,8,14H,5-6,9-13,15H2. The fourth-order valence-electron chi connectivity index (χ4n) is 3.93. The topological polar surface area (TPSA) is 52.4 Å². The van der Waals surface area contributed by atoms with Gasteiger partial charge in [-0.05, 0) is 18.9 Å². The van der Waals surface area contributed by atoms with Gasteiger partial charge in [0.05, 0.1) is 31.4 Å². The molecule has 1 saturated heterocycles. The van der Waals surface area contributed by atoms with Gasteiger partial charge in [0.15, 0.2) is 0 Å². The number of aromatic nitrogens is 1. The van der Waals surface area contributed by atoms with E-state index in [4.69, 9.17) is 10.00 Å². The average molecular weight is 354 g/mol. The highest BCUT2D eigenvalue weighted by Crippen LogP contribution is 2.43. The maximum Gasteiger partial charge on any atom is 0.112 e. The smallest absolute Gasteiger partial charge is 0.112 e. The second-order valence-electron chi connectivity index (χ2n) is 6.64. The molecule has 0 amide bonds. The Bertz CT molecular complexity index is 747. The van der Waals surface area contributed by atoms with Crippen LogP contribution in [0.15, 0.2) is 35.8 Å². The zero-order valence-corrected chi connectivity index (χ0v) is 15.0. The molecule has 0 aliphatic carbocycles. The average Bonchev–Trinajstić information content (AvgIpc) is 3.11. The first-order valence-corrected chi connectivity index (χ1v) is 9.65. The Hall–Kier alpha value is -1.94. The Morgan fingerprint density at radius 3 is 2.84 bits per heavy atom. The summed E-state index contributed by atoms with van der Waals surface area (Å²) in [4.78, 5) is 9.06. The van der Waals surface area contributed by atoms with Crippen LogP contribution in [0.1, 0.15) is 23.4 Å². The van der Waals surface area contributed by atoms with Crippen molar-refractivity contribution < 1.29 is 4.74 Å². The molecule has 0 saturated carbocycles. The molecule has 1 aromatic carbocycles. The summed E-state index contributed by atoms with van der Waals surface area (Å²) in [5.41, 5.74) is 2.34. The summed E-state index contributed by atoms with van der Waals surface area (Å²) < 4.78 is 6.47. The molecule has 3 heterocycles. The van der Waals surface area contributed by atoms with Crippen molar-refractivity contribution in [3.8, 4) is 6.07 Å². The molecule has 2 aliphatic rings. The summed E-state index contributed by atoms with van der Waals surface area (Å²) in [6, 6.07) is 10.9. The van der Waals surface area contributed by atoms with E-state index in [1.807, 2.05) is 11.6 Å². The van der Waals surface area contributed by atoms with Gasteiger partial charge in [-0.2, -0.15) is 5.26 Å². The third kappa shape index (κ3) is 3.28. The lowest BCUT2D eigenvalue weighted by molar-refractivity contribution is -0.0822. The quantitative estimate of drug-likeness (QED) is 0.793. The van der Waals surface area contributed by atoms with Crippen molar-refractivity contribution in [3.05, 3.63) is 46.4 Å². The third-order valence-corrected chi connectivity index (χ3v) is 6.01. The normalized spacial score (nSPS) is 20.0. The molecule has 1 aromatic heterocycles. The minimum Gasteiger partial charge on any atom is -0.368 e. The fraction of sp³-hybridized carbons (Fsp3) is 0.474. The Labute approximate surface area is 152 Å². The molecule has 5 nitrogen and oxygen atoms in total. The van der Waals surface area contributed by atoms with Crippen LogP contribution >= 0.6 is 11.3 Å². The van der Waals surface area contributed by atoms with E-state index in [1.54, 1.807) is 11.3 Å². The highest BCUT2D eigenvalue weighted by Gasteiger charge is 2.41. The molecule has 2 aliphatic heterocycles. The molecule has 25 heavy (non-hydrogen) atoms. The van der Waals surface area contributed by atoms with E-state index in [0.717, 1.165) is 50.6 Å². The Morgan fingerprint density at radius 1 is 1.24 bits per heavy atom. The first-order chi connectivity index (χ1) is 12.3. The van der Waals surface area contributed by atoms with Gasteiger partial charge in [-0.1, -0.05) is 18.2 Å². The number of hydrogen-bond donors (Lipinski definition) is 0. The lowest BCUT2D eigenvalue weighted by Gasteiger charge is -2.41. The van der Waals surface area contributed by atoms with E-state index in [2.05, 4.69) is 45.1 Å². The number of rotatable bonds is 3. The van der Waals surface area contributed by atoms with Crippen molar-refractivity contribution in [3.63, 3.8) is 0 Å². The van der Waals surface area contributed by atoms with E-state index in [1.165, 1.54) is 11.3 Å². The lowest BCUT2D eigenvalue weighted by Crippen LogP contribution is -2.44. The molecule has 130 valence electrons. The molecular formula is C19H22N4OS. The molecule has 0 radical (unpaired) electrons. The summed E-state index contributed by atoms with van der Waals surface area (Å²) in [7, 11) is 0. The number of hydrogen-bond acceptors (Lipinski definition) is 6. The van der Waals surface area contributed by atoms with E-state index in [-0.39, 0.29) is 5.60 Å². The summed E-state index contributed by atoms with van der Waals surface area (Å²) >= 11 is 1.70. The number of anilines is 1. The van der Waals surface area contributed by atoms with E-state index in [9.17, 15) is 0 Å². The number of benzene rings is 1. The van der Waals surface area contributed by atoms with Crippen LogP contribution in [0.2, 0.25) is 0 Å². The van der Waals surface area contributed by atoms with E-state index >= 15 is 0 Å². The van der Waals surface area contributed by atoms with Crippen molar-refractivity contribution >= 4 is 17.0 Å². The van der Waals surface area contributed by atoms with Gasteiger partial charge in [0.1, 0.15) is 5.01 Å². The maximum atomic E-state index is 8.95. The van der Waals surface area contributed by atoms with Gasteiger partial charge in [-0.25, -0.2) is 4.98 Å². The highest BCUT2D eigenvalue weighted by atomic mass is 32.1. The minimum absolute atomic E-state index is 0.222. The van der Waals surface area contributed by atoms with Crippen LogP contribution in [0, 0.1) is 11.3 Å². The fourth-order valence-corrected chi connectivity index (χ4v) is 4.56. The van der Waals surface area contributed by atoms with Gasteiger partial charge in [0.2, 0.25) is 0 Å². The van der Waals surface area contributed by atoms with Crippen LogP contribution < -0.4 is 4.90 Å². The van der Waals surface area contributed by atoms with Crippen LogP contribution in [0.25, 0.3) is 0 Å². The molecular weight excluding hydrogens is 332 g/mol. The van der Waals surface area contributed by atoms with E-state index in [0.29, 0.717) is 6.54 Å². The first kappa shape index (κ1) is 16.5. The number of fused-ring (bicyclic) bond motifs is 2. The van der Waals surface area contributed by atoms with Crippen molar-refractivity contribution in [2.45, 2.75) is 25.0 Å². The van der Waals surface area contributed by atoms with Crippen molar-refractivity contribution in [2.24, 2.45) is 0 Å². The van der Waals surface area contributed by atoms with Gasteiger partial charge in [-0.15, -0.1) is 11.3 Å². The Balaban J connectivity index is 1.63. The predicted octanol–water partition coefficient (Wildman–Crippen LogP) is 2.99. The zero-order chi connectivity index (χ0) is 17.1. The molecule has 4 rings (SSSR count). The van der Waals surface area contributed by atoms with Gasteiger partial charge >= 0.3 is 0 Å². The number of piperidine rings is 1. The minimum atomic E-state index is -0.222. The van der Waals surface area contributed by atoms with Crippen molar-refractivity contribution in [2.75, 3.05) is 37.7 Å². The molecule has 6 heteroatoms. The highest BCUT2D eigenvalue weighted by molar-refractivity contribution is 7.09. The molecule has 0 N–H and O–H groups in total. The third-order valence-electron chi connectivity index (χ3n) is 5.24. The molecule has 0 bridgehead atoms. The van der Waals surface area contributed by atoms with Gasteiger partial charge < -0.3 is 9.64 Å². The van der Waals surface area contributed by atoms with Crippen LogP contribution in [-0.2, 0) is 16.9 Å². The van der Waals surface area contributed by atoms with Crippen molar-refractivity contribution in [1.29, 1.82) is 5.26 Å². The monoisotopic (exact) mass is 354 g/mol. The molecule has 1 fully saturated rings. The SMILES string of the molecule is N#CCN1CCC2(CC1)OCCN(Cc1nccs1)c1ccccc12. The lowest BCUT2D eigenvalue weighted by atomic mass is 9.83. The number of nitrogens with zero attached hydrogens (tertiary/aromatic N) is 4. The maximum absolute atomic E-state index is 8.95. The molecule has 0 unspecified atom stereocenters. The second kappa shape index (κ2) is 7.12. The van der Waals surface area contributed by atoms with Gasteiger partial charge in [0, 0.05) is 42.5 Å². The summed E-state index contributed by atoms with van der Waals surface area (Å²) in [5.74, 6) is 0. The van der Waals surface area contributed by atoms with Gasteiger partial charge in [0.25, 0.3) is 0 Å². The van der Waals surface area contributed by atoms with Crippen LogP contribution in [0.5, 0.6) is 0 Å². The number of nitriles is 1. The Morgan fingerprint density at radius 2 is 2.08 bits per heavy atom. The first-order valence-electron chi connectivity index (χ1n) is 8.77. The number of likely N-dealkylation sites (tertiary alicyclic amines) is 1. The summed E-state index contributed by atoms with van der Waals surface area (Å²) in [5, 5.41) is 12.1. The van der Waals surface area contributed by atoms with Crippen molar-refractivity contribution in [1.82, 2.24) is 9.88 Å². The number of thiazole rings is 1. The van der Waals surface area contributed by atoms with Crippen LogP contribution in [0.3, 0.4) is 0 Å². The molecule has 2 aromatic rings. The summed E-state index contributed by atoms with van der Waals surface area (Å²) in [6.45, 7) is 4.75. The number of ether oxygens (including phenoxy) is 1. The largest absolute Gasteiger partial charge is 0.368 e. The zero-order valence-electron chi connectivity index (χ0n) is 14.2. The predicted molar refractivity (Wildman–Crippen MR) is 98.5 cm³/mol. The van der Waals surface area contributed by atoms with Gasteiger partial charge in [-0.3, -0.25) is 4.90 Å². The van der Waals surface area contributed by atoms with Crippen LogP contribution in [-0.4, -0.2) is 42.7 Å². The Kier molecular flexibility index (Phi) is 4.71. The molecule has 1 spiro atoms. The van der Waals surface area contributed by atoms with Crippen LogP contribution in [0.4, 0.5) is 5.69 Å². The molecule has 0 atom stereocenters.